The Labute approximate surface area is 124 Å². The largest absolute Gasteiger partial charge is 0.494 e. The lowest BCUT2D eigenvalue weighted by Crippen LogP contribution is -2.16. The van der Waals surface area contributed by atoms with Crippen molar-refractivity contribution in [2.24, 2.45) is 0 Å². The molecule has 0 radical (unpaired) electrons. The summed E-state index contributed by atoms with van der Waals surface area (Å²) in [5.74, 6) is 1.01. The van der Waals surface area contributed by atoms with Gasteiger partial charge in [0, 0.05) is 0 Å². The van der Waals surface area contributed by atoms with Gasteiger partial charge in [-0.25, -0.2) is 0 Å². The quantitative estimate of drug-likeness (QED) is 0.595. The Kier molecular flexibility index (Phi) is 9.14. The topological polar surface area (TPSA) is 21.3 Å². The van der Waals surface area contributed by atoms with E-state index in [1.807, 2.05) is 0 Å². The van der Waals surface area contributed by atoms with Gasteiger partial charge in [-0.3, -0.25) is 0 Å². The zero-order valence-electron chi connectivity index (χ0n) is 13.5. The summed E-state index contributed by atoms with van der Waals surface area (Å²) in [5.41, 5.74) is 2.63. The summed E-state index contributed by atoms with van der Waals surface area (Å²) in [7, 11) is 0. The number of hydrogen-bond donors (Lipinski definition) is 1. The number of rotatable bonds is 11. The van der Waals surface area contributed by atoms with Gasteiger partial charge >= 0.3 is 0 Å². The van der Waals surface area contributed by atoms with Crippen LogP contribution in [-0.2, 0) is 0 Å². The molecule has 1 N–H and O–H groups in total. The SMILES string of the molecule is CCCCNCCCCCCOc1ccc(C)c(C)c1. The first-order valence-electron chi connectivity index (χ1n) is 8.15. The van der Waals surface area contributed by atoms with Crippen LogP contribution in [0.1, 0.15) is 56.6 Å². The maximum absolute atomic E-state index is 5.79. The molecular weight excluding hydrogens is 246 g/mol. The van der Waals surface area contributed by atoms with E-state index in [9.17, 15) is 0 Å². The molecule has 0 saturated carbocycles. The van der Waals surface area contributed by atoms with Crippen LogP contribution in [0.3, 0.4) is 0 Å². The van der Waals surface area contributed by atoms with Gasteiger partial charge in [-0.05, 0) is 69.5 Å². The number of aryl methyl sites for hydroxylation is 2. The molecule has 1 rings (SSSR count). The van der Waals surface area contributed by atoms with Gasteiger partial charge in [-0.2, -0.15) is 0 Å². The predicted octanol–water partition coefficient (Wildman–Crippen LogP) is 4.63. The second-order valence-corrected chi connectivity index (χ2v) is 5.61. The summed E-state index contributed by atoms with van der Waals surface area (Å²) in [6.45, 7) is 9.68. The molecule has 0 aromatic heterocycles. The maximum atomic E-state index is 5.79. The summed E-state index contributed by atoms with van der Waals surface area (Å²) < 4.78 is 5.79. The second-order valence-electron chi connectivity index (χ2n) is 5.61. The van der Waals surface area contributed by atoms with Crippen LogP contribution in [0.2, 0.25) is 0 Å². The van der Waals surface area contributed by atoms with E-state index < -0.39 is 0 Å². The minimum Gasteiger partial charge on any atom is -0.494 e. The molecule has 0 spiro atoms. The number of nitrogens with one attached hydrogen (secondary N) is 1. The fourth-order valence-corrected chi connectivity index (χ4v) is 2.13. The maximum Gasteiger partial charge on any atom is 0.119 e. The van der Waals surface area contributed by atoms with Crippen molar-refractivity contribution < 1.29 is 4.74 Å². The van der Waals surface area contributed by atoms with Crippen molar-refractivity contribution in [3.8, 4) is 5.75 Å². The number of benzene rings is 1. The van der Waals surface area contributed by atoms with E-state index in [1.165, 1.54) is 49.8 Å². The van der Waals surface area contributed by atoms with Gasteiger partial charge < -0.3 is 10.1 Å². The van der Waals surface area contributed by atoms with Crippen LogP contribution in [-0.4, -0.2) is 19.7 Å². The Balaban J connectivity index is 1.95. The van der Waals surface area contributed by atoms with E-state index in [-0.39, 0.29) is 0 Å². The number of ether oxygens (including phenoxy) is 1. The van der Waals surface area contributed by atoms with Crippen molar-refractivity contribution in [3.63, 3.8) is 0 Å². The summed E-state index contributed by atoms with van der Waals surface area (Å²) in [5, 5.41) is 3.48. The first-order valence-corrected chi connectivity index (χ1v) is 8.15. The highest BCUT2D eigenvalue weighted by molar-refractivity contribution is 5.33. The summed E-state index contributed by atoms with van der Waals surface area (Å²) in [6, 6.07) is 6.33. The molecule has 0 aliphatic rings. The highest BCUT2D eigenvalue weighted by Gasteiger charge is 1.97. The van der Waals surface area contributed by atoms with E-state index in [4.69, 9.17) is 4.74 Å². The van der Waals surface area contributed by atoms with E-state index >= 15 is 0 Å². The van der Waals surface area contributed by atoms with Crippen LogP contribution < -0.4 is 10.1 Å². The molecule has 0 unspecified atom stereocenters. The highest BCUT2D eigenvalue weighted by Crippen LogP contribution is 2.16. The van der Waals surface area contributed by atoms with Crippen LogP contribution in [0.5, 0.6) is 5.75 Å². The molecule has 114 valence electrons. The molecule has 0 aliphatic carbocycles. The van der Waals surface area contributed by atoms with E-state index in [1.54, 1.807) is 0 Å². The van der Waals surface area contributed by atoms with Crippen molar-refractivity contribution in [2.45, 2.75) is 59.3 Å². The minimum absolute atomic E-state index is 0.839. The van der Waals surface area contributed by atoms with Gasteiger partial charge in [-0.15, -0.1) is 0 Å². The smallest absolute Gasteiger partial charge is 0.119 e. The molecule has 20 heavy (non-hydrogen) atoms. The van der Waals surface area contributed by atoms with E-state index in [0.29, 0.717) is 0 Å². The fourth-order valence-electron chi connectivity index (χ4n) is 2.13. The summed E-state index contributed by atoms with van der Waals surface area (Å²) in [4.78, 5) is 0. The monoisotopic (exact) mass is 277 g/mol. The van der Waals surface area contributed by atoms with Crippen molar-refractivity contribution in [1.82, 2.24) is 5.32 Å². The lowest BCUT2D eigenvalue weighted by Gasteiger charge is -2.08. The van der Waals surface area contributed by atoms with Crippen molar-refractivity contribution >= 4 is 0 Å². The lowest BCUT2D eigenvalue weighted by atomic mass is 10.1. The van der Waals surface area contributed by atoms with Gasteiger partial charge in [0.1, 0.15) is 5.75 Å². The second kappa shape index (κ2) is 10.7. The normalized spacial score (nSPS) is 10.8. The van der Waals surface area contributed by atoms with E-state index in [2.05, 4.69) is 44.3 Å². The fraction of sp³-hybridized carbons (Fsp3) is 0.667. The van der Waals surface area contributed by atoms with Crippen molar-refractivity contribution in [2.75, 3.05) is 19.7 Å². The zero-order valence-corrected chi connectivity index (χ0v) is 13.5. The molecule has 2 heteroatoms. The summed E-state index contributed by atoms with van der Waals surface area (Å²) >= 11 is 0. The van der Waals surface area contributed by atoms with Crippen molar-refractivity contribution in [1.29, 1.82) is 0 Å². The molecule has 1 aromatic rings. The molecular formula is C18H31NO. The molecule has 2 nitrogen and oxygen atoms in total. The zero-order chi connectivity index (χ0) is 14.6. The third-order valence-electron chi connectivity index (χ3n) is 3.70. The van der Waals surface area contributed by atoms with Crippen molar-refractivity contribution in [3.05, 3.63) is 29.3 Å². The first kappa shape index (κ1) is 17.0. The predicted molar refractivity (Wildman–Crippen MR) is 87.7 cm³/mol. The molecule has 0 heterocycles. The number of unbranched alkanes of at least 4 members (excludes halogenated alkanes) is 4. The van der Waals surface area contributed by atoms with Crippen LogP contribution in [0, 0.1) is 13.8 Å². The molecule has 0 atom stereocenters. The average Bonchev–Trinajstić information content (AvgIpc) is 2.45. The minimum atomic E-state index is 0.839. The third kappa shape index (κ3) is 7.54. The van der Waals surface area contributed by atoms with Gasteiger partial charge in [0.15, 0.2) is 0 Å². The third-order valence-corrected chi connectivity index (χ3v) is 3.70. The van der Waals surface area contributed by atoms with Gasteiger partial charge in [0.25, 0.3) is 0 Å². The van der Waals surface area contributed by atoms with Gasteiger partial charge in [0.2, 0.25) is 0 Å². The molecule has 0 saturated heterocycles. The Bertz CT molecular complexity index is 362. The average molecular weight is 277 g/mol. The van der Waals surface area contributed by atoms with Gasteiger partial charge in [0.05, 0.1) is 6.61 Å². The Morgan fingerprint density at radius 1 is 0.900 bits per heavy atom. The molecule has 0 bridgehead atoms. The van der Waals surface area contributed by atoms with E-state index in [0.717, 1.165) is 25.3 Å². The Morgan fingerprint density at radius 3 is 2.40 bits per heavy atom. The number of hydrogen-bond acceptors (Lipinski definition) is 2. The molecule has 0 fully saturated rings. The Morgan fingerprint density at radius 2 is 1.65 bits per heavy atom. The molecule has 0 amide bonds. The highest BCUT2D eigenvalue weighted by atomic mass is 16.5. The molecule has 1 aromatic carbocycles. The Hall–Kier alpha value is -1.02. The lowest BCUT2D eigenvalue weighted by molar-refractivity contribution is 0.304. The summed E-state index contributed by atoms with van der Waals surface area (Å²) in [6.07, 6.45) is 7.58. The molecule has 0 aliphatic heterocycles. The first-order chi connectivity index (χ1) is 9.74. The van der Waals surface area contributed by atoms with Gasteiger partial charge in [-0.1, -0.05) is 32.3 Å². The standard InChI is InChI=1S/C18H31NO/c1-4-5-12-19-13-8-6-7-9-14-20-18-11-10-16(2)17(3)15-18/h10-11,15,19H,4-9,12-14H2,1-3H3. The van der Waals surface area contributed by atoms with Crippen LogP contribution in [0.15, 0.2) is 18.2 Å². The van der Waals surface area contributed by atoms with Crippen LogP contribution in [0.25, 0.3) is 0 Å². The van der Waals surface area contributed by atoms with Crippen LogP contribution >= 0.6 is 0 Å². The van der Waals surface area contributed by atoms with Crippen LogP contribution in [0.4, 0.5) is 0 Å².